The van der Waals surface area contributed by atoms with E-state index >= 15 is 0 Å². The molecule has 1 aliphatic heterocycles. The predicted octanol–water partition coefficient (Wildman–Crippen LogP) is 2.06. The van der Waals surface area contributed by atoms with Crippen LogP contribution < -0.4 is 15.1 Å². The second-order valence-electron chi connectivity index (χ2n) is 6.48. The van der Waals surface area contributed by atoms with Gasteiger partial charge in [-0.05, 0) is 38.0 Å². The Labute approximate surface area is 114 Å². The molecule has 2 fully saturated rings. The zero-order valence-electron chi connectivity index (χ0n) is 11.7. The van der Waals surface area contributed by atoms with Gasteiger partial charge in [-0.3, -0.25) is 0 Å². The maximum absolute atomic E-state index is 4.52. The summed E-state index contributed by atoms with van der Waals surface area (Å²) in [5, 5.41) is 3.78. The van der Waals surface area contributed by atoms with Crippen molar-refractivity contribution in [3.05, 3.63) is 6.33 Å². The van der Waals surface area contributed by atoms with Gasteiger partial charge in [-0.25, -0.2) is 9.97 Å². The monoisotopic (exact) mass is 259 g/mol. The fraction of sp³-hybridized carbons (Fsp3) is 0.714. The molecular weight excluding hydrogens is 238 g/mol. The third-order valence-corrected chi connectivity index (χ3v) is 5.10. The predicted molar refractivity (Wildman–Crippen MR) is 76.6 cm³/mol. The summed E-state index contributed by atoms with van der Waals surface area (Å²) in [6.45, 7) is 0.887. The lowest BCUT2D eigenvalue weighted by atomic mass is 9.94. The van der Waals surface area contributed by atoms with E-state index in [1.54, 1.807) is 6.33 Å². The summed E-state index contributed by atoms with van der Waals surface area (Å²) >= 11 is 0. The second-order valence-corrected chi connectivity index (χ2v) is 6.48. The molecule has 102 valence electrons. The molecule has 0 aromatic carbocycles. The summed E-state index contributed by atoms with van der Waals surface area (Å²) in [7, 11) is 4.19. The van der Waals surface area contributed by atoms with E-state index < -0.39 is 0 Å². The number of fused-ring (bicyclic) bond motifs is 3. The van der Waals surface area contributed by atoms with E-state index in [1.807, 2.05) is 0 Å². The Balaban J connectivity index is 1.69. The summed E-state index contributed by atoms with van der Waals surface area (Å²) in [5.74, 6) is 3.02. The molecule has 4 rings (SSSR count). The normalized spacial score (nSPS) is 32.0. The van der Waals surface area contributed by atoms with E-state index in [0.717, 1.165) is 29.9 Å². The fourth-order valence-corrected chi connectivity index (χ4v) is 4.17. The number of nitrogens with one attached hydrogen (secondary N) is 1. The molecule has 1 N–H and O–H groups in total. The van der Waals surface area contributed by atoms with Crippen LogP contribution in [0.5, 0.6) is 0 Å². The van der Waals surface area contributed by atoms with Gasteiger partial charge < -0.3 is 15.1 Å². The molecule has 0 amide bonds. The summed E-state index contributed by atoms with van der Waals surface area (Å²) in [6.07, 6.45) is 8.39. The molecule has 0 unspecified atom stereocenters. The standard InChI is InChI=1S/C14H21N5/c1-18-9-19(2)13-11(18)12(15-8-16-13)17-14-5-3-10(7-14)4-6-14/h8,10H,3-7,9H2,1-2H3,(H,15,16,17). The molecule has 0 radical (unpaired) electrons. The van der Waals surface area contributed by atoms with E-state index in [0.29, 0.717) is 5.54 Å². The average Bonchev–Trinajstić information content (AvgIpc) is 3.05. The number of hydrogen-bond acceptors (Lipinski definition) is 5. The van der Waals surface area contributed by atoms with Crippen LogP contribution in [0.4, 0.5) is 17.3 Å². The number of aromatic nitrogens is 2. The van der Waals surface area contributed by atoms with E-state index in [1.165, 1.54) is 32.1 Å². The van der Waals surface area contributed by atoms with Crippen molar-refractivity contribution in [2.75, 3.05) is 35.9 Å². The molecule has 0 spiro atoms. The minimum atomic E-state index is 0.314. The largest absolute Gasteiger partial charge is 0.363 e. The molecule has 2 bridgehead atoms. The van der Waals surface area contributed by atoms with E-state index in [2.05, 4.69) is 39.2 Å². The quantitative estimate of drug-likeness (QED) is 0.881. The van der Waals surface area contributed by atoms with Gasteiger partial charge in [0.25, 0.3) is 0 Å². The van der Waals surface area contributed by atoms with E-state index in [-0.39, 0.29) is 0 Å². The van der Waals surface area contributed by atoms with Crippen LogP contribution in [0, 0.1) is 5.92 Å². The van der Waals surface area contributed by atoms with Crippen molar-refractivity contribution >= 4 is 17.3 Å². The lowest BCUT2D eigenvalue weighted by molar-refractivity contribution is 0.446. The molecule has 2 aliphatic carbocycles. The smallest absolute Gasteiger partial charge is 0.159 e. The van der Waals surface area contributed by atoms with Gasteiger partial charge in [0.1, 0.15) is 12.0 Å². The molecule has 2 saturated carbocycles. The summed E-state index contributed by atoms with van der Waals surface area (Å²) in [5.41, 5.74) is 1.48. The minimum absolute atomic E-state index is 0.314. The van der Waals surface area contributed by atoms with E-state index in [9.17, 15) is 0 Å². The second kappa shape index (κ2) is 3.74. The lowest BCUT2D eigenvalue weighted by Crippen LogP contribution is -2.34. The van der Waals surface area contributed by atoms with Gasteiger partial charge in [0.2, 0.25) is 0 Å². The van der Waals surface area contributed by atoms with Crippen molar-refractivity contribution in [2.45, 2.75) is 37.6 Å². The van der Waals surface area contributed by atoms with Gasteiger partial charge in [0.15, 0.2) is 11.6 Å². The molecule has 1 aromatic heterocycles. The zero-order chi connectivity index (χ0) is 13.0. The Bertz CT molecular complexity index is 507. The van der Waals surface area contributed by atoms with Crippen LogP contribution in [-0.2, 0) is 0 Å². The number of hydrogen-bond donors (Lipinski definition) is 1. The first kappa shape index (κ1) is 11.3. The van der Waals surface area contributed by atoms with E-state index in [4.69, 9.17) is 0 Å². The molecule has 1 aromatic rings. The van der Waals surface area contributed by atoms with Crippen molar-refractivity contribution in [3.63, 3.8) is 0 Å². The summed E-state index contributed by atoms with van der Waals surface area (Å²) in [6, 6.07) is 0. The van der Waals surface area contributed by atoms with Gasteiger partial charge in [-0.1, -0.05) is 0 Å². The lowest BCUT2D eigenvalue weighted by Gasteiger charge is -2.30. The van der Waals surface area contributed by atoms with Crippen molar-refractivity contribution in [3.8, 4) is 0 Å². The number of nitrogens with zero attached hydrogens (tertiary/aromatic N) is 4. The molecule has 0 saturated heterocycles. The van der Waals surface area contributed by atoms with Gasteiger partial charge >= 0.3 is 0 Å². The Hall–Kier alpha value is -1.52. The molecule has 19 heavy (non-hydrogen) atoms. The molecule has 5 nitrogen and oxygen atoms in total. The molecule has 3 aliphatic rings. The SMILES string of the molecule is CN1CN(C)c2c(NC34CCC(CC3)C4)ncnc21. The highest BCUT2D eigenvalue weighted by atomic mass is 15.4. The van der Waals surface area contributed by atoms with Crippen LogP contribution in [0.25, 0.3) is 0 Å². The number of anilines is 3. The van der Waals surface area contributed by atoms with Gasteiger partial charge in [0, 0.05) is 19.6 Å². The highest BCUT2D eigenvalue weighted by Crippen LogP contribution is 2.50. The first-order valence-corrected chi connectivity index (χ1v) is 7.22. The minimum Gasteiger partial charge on any atom is -0.363 e. The molecular formula is C14H21N5. The fourth-order valence-electron chi connectivity index (χ4n) is 4.17. The highest BCUT2D eigenvalue weighted by Gasteiger charge is 2.45. The first-order chi connectivity index (χ1) is 9.17. The van der Waals surface area contributed by atoms with Crippen LogP contribution in [0.2, 0.25) is 0 Å². The van der Waals surface area contributed by atoms with Crippen molar-refractivity contribution < 1.29 is 0 Å². The van der Waals surface area contributed by atoms with Crippen LogP contribution >= 0.6 is 0 Å². The molecule has 0 atom stereocenters. The third kappa shape index (κ3) is 1.60. The van der Waals surface area contributed by atoms with Crippen molar-refractivity contribution in [1.29, 1.82) is 0 Å². The van der Waals surface area contributed by atoms with Crippen LogP contribution in [0.1, 0.15) is 32.1 Å². The summed E-state index contributed by atoms with van der Waals surface area (Å²) < 4.78 is 0. The van der Waals surface area contributed by atoms with Gasteiger partial charge in [-0.2, -0.15) is 0 Å². The van der Waals surface area contributed by atoms with Gasteiger partial charge in [0.05, 0.1) is 6.67 Å². The number of rotatable bonds is 2. The van der Waals surface area contributed by atoms with Crippen LogP contribution in [0.15, 0.2) is 6.33 Å². The topological polar surface area (TPSA) is 44.3 Å². The third-order valence-electron chi connectivity index (χ3n) is 5.10. The molecule has 2 heterocycles. The molecule has 5 heteroatoms. The Morgan fingerprint density at radius 3 is 2.68 bits per heavy atom. The Morgan fingerprint density at radius 1 is 1.21 bits per heavy atom. The van der Waals surface area contributed by atoms with Crippen LogP contribution in [-0.4, -0.2) is 36.3 Å². The zero-order valence-corrected chi connectivity index (χ0v) is 11.7. The highest BCUT2D eigenvalue weighted by molar-refractivity contribution is 5.82. The van der Waals surface area contributed by atoms with Crippen molar-refractivity contribution in [2.24, 2.45) is 5.92 Å². The Morgan fingerprint density at radius 2 is 2.00 bits per heavy atom. The van der Waals surface area contributed by atoms with Crippen LogP contribution in [0.3, 0.4) is 0 Å². The maximum Gasteiger partial charge on any atom is 0.159 e. The maximum atomic E-state index is 4.52. The Kier molecular flexibility index (Phi) is 2.23. The van der Waals surface area contributed by atoms with Gasteiger partial charge in [-0.15, -0.1) is 0 Å². The average molecular weight is 259 g/mol. The first-order valence-electron chi connectivity index (χ1n) is 7.22. The van der Waals surface area contributed by atoms with Crippen molar-refractivity contribution in [1.82, 2.24) is 9.97 Å². The summed E-state index contributed by atoms with van der Waals surface area (Å²) in [4.78, 5) is 13.3.